The van der Waals surface area contributed by atoms with E-state index < -0.39 is 0 Å². The highest BCUT2D eigenvalue weighted by molar-refractivity contribution is 7.09. The zero-order valence-corrected chi connectivity index (χ0v) is 6.92. The first-order valence-corrected chi connectivity index (χ1v) is 4.67. The molecule has 2 rings (SSSR count). The molecular weight excluding hydrogens is 160 g/mol. The van der Waals surface area contributed by atoms with E-state index in [1.807, 2.05) is 0 Å². The van der Waals surface area contributed by atoms with Crippen LogP contribution < -0.4 is 0 Å². The molecule has 0 aromatic carbocycles. The molecule has 0 saturated heterocycles. The van der Waals surface area contributed by atoms with Gasteiger partial charge in [-0.1, -0.05) is 0 Å². The van der Waals surface area contributed by atoms with Gasteiger partial charge in [0.05, 0.1) is 6.10 Å². The number of aliphatic hydroxyl groups excluding tert-OH is 1. The van der Waals surface area contributed by atoms with Crippen molar-refractivity contribution < 1.29 is 5.11 Å². The Kier molecular flexibility index (Phi) is 1.87. The second-order valence-corrected chi connectivity index (χ2v) is 3.86. The average Bonchev–Trinajstić information content (AvgIpc) is 2.73. The van der Waals surface area contributed by atoms with Gasteiger partial charge in [0, 0.05) is 6.42 Å². The zero-order valence-electron chi connectivity index (χ0n) is 6.10. The summed E-state index contributed by atoms with van der Waals surface area (Å²) in [5.74, 6) is 0.541. The van der Waals surface area contributed by atoms with Crippen LogP contribution in [0.25, 0.3) is 0 Å². The van der Waals surface area contributed by atoms with Crippen molar-refractivity contribution in [2.45, 2.75) is 25.4 Å². The number of hydrogen-bond donors (Lipinski definition) is 1. The minimum atomic E-state index is -0.178. The summed E-state index contributed by atoms with van der Waals surface area (Å²) < 4.78 is 0. The normalized spacial score (nSPS) is 20.1. The molecule has 11 heavy (non-hydrogen) atoms. The van der Waals surface area contributed by atoms with E-state index in [1.165, 1.54) is 24.2 Å². The summed E-state index contributed by atoms with van der Waals surface area (Å²) in [7, 11) is 0. The Hall–Kier alpha value is -0.480. The Balaban J connectivity index is 1.89. The van der Waals surface area contributed by atoms with Crippen LogP contribution in [0.1, 0.15) is 17.8 Å². The van der Waals surface area contributed by atoms with Crippen molar-refractivity contribution in [2.75, 3.05) is 0 Å². The molecule has 3 nitrogen and oxygen atoms in total. The van der Waals surface area contributed by atoms with Crippen LogP contribution in [0.4, 0.5) is 0 Å². The van der Waals surface area contributed by atoms with Crippen LogP contribution in [0.5, 0.6) is 0 Å². The lowest BCUT2D eigenvalue weighted by Gasteiger charge is -2.04. The monoisotopic (exact) mass is 170 g/mol. The summed E-state index contributed by atoms with van der Waals surface area (Å²) in [4.78, 5) is 0. The quantitative estimate of drug-likeness (QED) is 0.731. The predicted octanol–water partition coefficient (Wildman–Crippen LogP) is 0.851. The first-order chi connectivity index (χ1) is 5.36. The van der Waals surface area contributed by atoms with Gasteiger partial charge in [-0.05, 0) is 18.8 Å². The Morgan fingerprint density at radius 3 is 3.09 bits per heavy atom. The number of nitrogens with zero attached hydrogens (tertiary/aromatic N) is 2. The molecule has 0 aliphatic heterocycles. The topological polar surface area (TPSA) is 46.0 Å². The maximum atomic E-state index is 9.50. The van der Waals surface area contributed by atoms with Crippen molar-refractivity contribution in [1.29, 1.82) is 0 Å². The maximum Gasteiger partial charge on any atom is 0.119 e. The molecule has 1 aromatic heterocycles. The van der Waals surface area contributed by atoms with Gasteiger partial charge in [-0.3, -0.25) is 0 Å². The highest BCUT2D eigenvalue weighted by Gasteiger charge is 2.30. The van der Waals surface area contributed by atoms with Crippen molar-refractivity contribution in [3.8, 4) is 0 Å². The highest BCUT2D eigenvalue weighted by atomic mass is 32.1. The lowest BCUT2D eigenvalue weighted by Crippen LogP contribution is -2.12. The SMILES string of the molecule is OC(Cc1nncs1)C1CC1. The summed E-state index contributed by atoms with van der Waals surface area (Å²) >= 11 is 1.51. The molecule has 1 aliphatic rings. The van der Waals surface area contributed by atoms with Crippen LogP contribution >= 0.6 is 11.3 Å². The largest absolute Gasteiger partial charge is 0.392 e. The summed E-state index contributed by atoms with van der Waals surface area (Å²) in [6, 6.07) is 0. The van der Waals surface area contributed by atoms with E-state index >= 15 is 0 Å². The molecule has 60 valence electrons. The fourth-order valence-electron chi connectivity index (χ4n) is 1.11. The van der Waals surface area contributed by atoms with Crippen molar-refractivity contribution in [2.24, 2.45) is 5.92 Å². The van der Waals surface area contributed by atoms with Crippen LogP contribution in [-0.4, -0.2) is 21.4 Å². The lowest BCUT2D eigenvalue weighted by atomic mass is 10.2. The van der Waals surface area contributed by atoms with Gasteiger partial charge in [-0.15, -0.1) is 21.5 Å². The second-order valence-electron chi connectivity index (χ2n) is 2.94. The molecule has 0 spiro atoms. The minimum absolute atomic E-state index is 0.178. The third-order valence-corrected chi connectivity index (χ3v) is 2.68. The Bertz CT molecular complexity index is 220. The van der Waals surface area contributed by atoms with Crippen molar-refractivity contribution in [1.82, 2.24) is 10.2 Å². The number of aliphatic hydroxyl groups is 1. The maximum absolute atomic E-state index is 9.50. The number of rotatable bonds is 3. The van der Waals surface area contributed by atoms with E-state index in [0.29, 0.717) is 12.3 Å². The van der Waals surface area contributed by atoms with Crippen LogP contribution in [0, 0.1) is 5.92 Å². The van der Waals surface area contributed by atoms with Crippen LogP contribution in [0.15, 0.2) is 5.51 Å². The second kappa shape index (κ2) is 2.87. The van der Waals surface area contributed by atoms with Crippen molar-refractivity contribution in [3.63, 3.8) is 0 Å². The van der Waals surface area contributed by atoms with Gasteiger partial charge in [0.15, 0.2) is 0 Å². The van der Waals surface area contributed by atoms with E-state index in [4.69, 9.17) is 0 Å². The van der Waals surface area contributed by atoms with Gasteiger partial charge in [0.1, 0.15) is 10.5 Å². The first kappa shape index (κ1) is 7.18. The average molecular weight is 170 g/mol. The van der Waals surface area contributed by atoms with E-state index in [1.54, 1.807) is 5.51 Å². The van der Waals surface area contributed by atoms with Crippen molar-refractivity contribution in [3.05, 3.63) is 10.5 Å². The predicted molar refractivity (Wildman–Crippen MR) is 42.3 cm³/mol. The van der Waals surface area contributed by atoms with Gasteiger partial charge in [0.2, 0.25) is 0 Å². The van der Waals surface area contributed by atoms with Gasteiger partial charge in [-0.2, -0.15) is 0 Å². The molecule has 1 aliphatic carbocycles. The molecule has 1 atom stereocenters. The fourth-order valence-corrected chi connectivity index (χ4v) is 1.69. The van der Waals surface area contributed by atoms with Crippen LogP contribution in [0.2, 0.25) is 0 Å². The van der Waals surface area contributed by atoms with Gasteiger partial charge >= 0.3 is 0 Å². The lowest BCUT2D eigenvalue weighted by molar-refractivity contribution is 0.151. The standard InChI is InChI=1S/C7H10N2OS/c10-6(5-1-2-5)3-7-9-8-4-11-7/h4-6,10H,1-3H2. The third kappa shape index (κ3) is 1.75. The highest BCUT2D eigenvalue weighted by Crippen LogP contribution is 2.33. The molecule has 1 fully saturated rings. The summed E-state index contributed by atoms with van der Waals surface area (Å²) in [5.41, 5.74) is 1.70. The molecule has 0 bridgehead atoms. The number of hydrogen-bond acceptors (Lipinski definition) is 4. The first-order valence-electron chi connectivity index (χ1n) is 3.79. The van der Waals surface area contributed by atoms with E-state index in [9.17, 15) is 5.11 Å². The molecule has 0 amide bonds. The van der Waals surface area contributed by atoms with E-state index in [-0.39, 0.29) is 6.10 Å². The summed E-state index contributed by atoms with van der Waals surface area (Å²) in [5, 5.41) is 18.0. The van der Waals surface area contributed by atoms with Gasteiger partial charge < -0.3 is 5.11 Å². The number of aromatic nitrogens is 2. The molecule has 1 heterocycles. The summed E-state index contributed by atoms with van der Waals surface area (Å²) in [6.07, 6.45) is 2.87. The minimum Gasteiger partial charge on any atom is -0.392 e. The third-order valence-electron chi connectivity index (χ3n) is 1.96. The van der Waals surface area contributed by atoms with Crippen molar-refractivity contribution >= 4 is 11.3 Å². The van der Waals surface area contributed by atoms with Crippen LogP contribution in [0.3, 0.4) is 0 Å². The van der Waals surface area contributed by atoms with E-state index in [2.05, 4.69) is 10.2 Å². The molecule has 4 heteroatoms. The van der Waals surface area contributed by atoms with Gasteiger partial charge in [0.25, 0.3) is 0 Å². The van der Waals surface area contributed by atoms with E-state index in [0.717, 1.165) is 5.01 Å². The smallest absolute Gasteiger partial charge is 0.119 e. The molecule has 1 aromatic rings. The zero-order chi connectivity index (χ0) is 7.68. The van der Waals surface area contributed by atoms with Crippen LogP contribution in [-0.2, 0) is 6.42 Å². The molecule has 1 N–H and O–H groups in total. The Morgan fingerprint density at radius 2 is 2.55 bits per heavy atom. The fraction of sp³-hybridized carbons (Fsp3) is 0.714. The Labute approximate surface area is 69.1 Å². The molecular formula is C7H10N2OS. The summed E-state index contributed by atoms with van der Waals surface area (Å²) in [6.45, 7) is 0. The molecule has 1 saturated carbocycles. The molecule has 1 unspecified atom stereocenters. The Morgan fingerprint density at radius 1 is 1.73 bits per heavy atom. The molecule has 0 radical (unpaired) electrons. The van der Waals surface area contributed by atoms with Gasteiger partial charge in [-0.25, -0.2) is 0 Å².